The van der Waals surface area contributed by atoms with Crippen LogP contribution < -0.4 is 15.5 Å². The van der Waals surface area contributed by atoms with Crippen molar-refractivity contribution in [2.45, 2.75) is 58.0 Å². The number of nitrogens with zero attached hydrogens (tertiary/aromatic N) is 3. The quantitative estimate of drug-likeness (QED) is 0.612. The highest BCUT2D eigenvalue weighted by Crippen LogP contribution is 2.41. The Morgan fingerprint density at radius 3 is 2.37 bits per heavy atom. The van der Waals surface area contributed by atoms with Gasteiger partial charge in [-0.15, -0.1) is 0 Å². The Labute approximate surface area is 207 Å². The molecule has 35 heavy (non-hydrogen) atoms. The van der Waals surface area contributed by atoms with Crippen molar-refractivity contribution in [3.05, 3.63) is 30.1 Å². The van der Waals surface area contributed by atoms with Crippen molar-refractivity contribution in [3.8, 4) is 0 Å². The van der Waals surface area contributed by atoms with E-state index in [1.165, 1.54) is 19.1 Å². The standard InChI is InChI=1S/C26H38FN5O3/c1-3-23(28-19(2)33)24(34)32-12-9-26(10-13-32)18-21(29-25(26)35)8-11-30-14-16-31(17-15-30)22-6-4-20(27)5-7-22/h4-7,21,23H,3,8-18H2,1-2H3,(H,28,33)(H,29,35)/t21-,23?/m0/s1. The molecule has 2 N–H and O–H groups in total. The van der Waals surface area contributed by atoms with Crippen LogP contribution in [0.4, 0.5) is 10.1 Å². The molecule has 9 heteroatoms. The minimum atomic E-state index is -0.491. The summed E-state index contributed by atoms with van der Waals surface area (Å²) in [6.45, 7) is 9.09. The largest absolute Gasteiger partial charge is 0.369 e. The van der Waals surface area contributed by atoms with Gasteiger partial charge in [0.15, 0.2) is 0 Å². The zero-order valence-electron chi connectivity index (χ0n) is 20.9. The van der Waals surface area contributed by atoms with Gasteiger partial charge in [-0.3, -0.25) is 19.3 Å². The van der Waals surface area contributed by atoms with Gasteiger partial charge >= 0.3 is 0 Å². The molecule has 3 aliphatic heterocycles. The number of piperidine rings is 1. The van der Waals surface area contributed by atoms with E-state index in [0.717, 1.165) is 51.3 Å². The van der Waals surface area contributed by atoms with Crippen molar-refractivity contribution in [2.75, 3.05) is 50.7 Å². The fourth-order valence-corrected chi connectivity index (χ4v) is 5.74. The molecule has 0 aliphatic carbocycles. The van der Waals surface area contributed by atoms with Gasteiger partial charge in [0, 0.05) is 64.5 Å². The molecule has 1 unspecified atom stereocenters. The summed E-state index contributed by atoms with van der Waals surface area (Å²) in [5, 5.41) is 5.96. The Morgan fingerprint density at radius 1 is 1.11 bits per heavy atom. The highest BCUT2D eigenvalue weighted by molar-refractivity contribution is 5.88. The van der Waals surface area contributed by atoms with Gasteiger partial charge < -0.3 is 20.4 Å². The van der Waals surface area contributed by atoms with Crippen LogP contribution in [0.5, 0.6) is 0 Å². The minimum Gasteiger partial charge on any atom is -0.369 e. The molecule has 0 saturated carbocycles. The number of anilines is 1. The molecular formula is C26H38FN5O3. The van der Waals surface area contributed by atoms with Gasteiger partial charge in [-0.1, -0.05) is 6.92 Å². The van der Waals surface area contributed by atoms with Crippen LogP contribution in [0.15, 0.2) is 24.3 Å². The summed E-state index contributed by atoms with van der Waals surface area (Å²) in [5.41, 5.74) is 0.682. The molecule has 3 fully saturated rings. The number of carbonyl (C=O) groups excluding carboxylic acids is 3. The average Bonchev–Trinajstić information content (AvgIpc) is 3.16. The molecule has 192 valence electrons. The normalized spacial score (nSPS) is 23.3. The second-order valence-corrected chi connectivity index (χ2v) is 10.2. The minimum absolute atomic E-state index is 0.0488. The second-order valence-electron chi connectivity index (χ2n) is 10.2. The zero-order valence-corrected chi connectivity index (χ0v) is 20.9. The SMILES string of the molecule is CCC(NC(C)=O)C(=O)N1CCC2(CC1)C[C@H](CCN1CCN(c3ccc(F)cc3)CC1)NC2=O. The third-order valence-electron chi connectivity index (χ3n) is 7.93. The molecule has 8 nitrogen and oxygen atoms in total. The highest BCUT2D eigenvalue weighted by Gasteiger charge is 2.48. The summed E-state index contributed by atoms with van der Waals surface area (Å²) in [5.74, 6) is -0.332. The first-order valence-corrected chi connectivity index (χ1v) is 12.9. The van der Waals surface area contributed by atoms with Gasteiger partial charge in [-0.05, 0) is 56.4 Å². The van der Waals surface area contributed by atoms with E-state index in [1.807, 2.05) is 19.1 Å². The van der Waals surface area contributed by atoms with Gasteiger partial charge in [0.25, 0.3) is 0 Å². The lowest BCUT2D eigenvalue weighted by Gasteiger charge is -2.39. The van der Waals surface area contributed by atoms with E-state index < -0.39 is 6.04 Å². The number of amides is 3. The molecule has 3 saturated heterocycles. The van der Waals surface area contributed by atoms with E-state index in [0.29, 0.717) is 32.4 Å². The number of carbonyl (C=O) groups is 3. The predicted octanol–water partition coefficient (Wildman–Crippen LogP) is 1.75. The number of hydrogen-bond acceptors (Lipinski definition) is 5. The third kappa shape index (κ3) is 5.94. The maximum absolute atomic E-state index is 13.2. The summed E-state index contributed by atoms with van der Waals surface area (Å²) < 4.78 is 13.2. The number of halogens is 1. The Bertz CT molecular complexity index is 908. The van der Waals surface area contributed by atoms with Crippen molar-refractivity contribution in [2.24, 2.45) is 5.41 Å². The number of nitrogens with one attached hydrogen (secondary N) is 2. The number of rotatable bonds is 7. The summed E-state index contributed by atoms with van der Waals surface area (Å²) in [6, 6.07) is 6.36. The van der Waals surface area contributed by atoms with Crippen LogP contribution in [0, 0.1) is 11.2 Å². The fraction of sp³-hybridized carbons (Fsp3) is 0.654. The lowest BCUT2D eigenvalue weighted by Crippen LogP contribution is -2.52. The molecular weight excluding hydrogens is 449 g/mol. The first-order chi connectivity index (χ1) is 16.8. The Hall–Kier alpha value is -2.68. The van der Waals surface area contributed by atoms with Crippen LogP contribution in [0.3, 0.4) is 0 Å². The van der Waals surface area contributed by atoms with Gasteiger partial charge in [-0.25, -0.2) is 4.39 Å². The van der Waals surface area contributed by atoms with Crippen molar-refractivity contribution in [3.63, 3.8) is 0 Å². The first-order valence-electron chi connectivity index (χ1n) is 12.9. The van der Waals surface area contributed by atoms with Crippen LogP contribution in [-0.4, -0.2) is 85.4 Å². The molecule has 3 aliphatic rings. The van der Waals surface area contributed by atoms with Crippen molar-refractivity contribution < 1.29 is 18.8 Å². The molecule has 3 amide bonds. The predicted molar refractivity (Wildman–Crippen MR) is 132 cm³/mol. The first kappa shape index (κ1) is 25.4. The van der Waals surface area contributed by atoms with Gasteiger partial charge in [0.2, 0.25) is 17.7 Å². The monoisotopic (exact) mass is 487 g/mol. The maximum Gasteiger partial charge on any atom is 0.245 e. The smallest absolute Gasteiger partial charge is 0.245 e. The van der Waals surface area contributed by atoms with Crippen LogP contribution in [-0.2, 0) is 14.4 Å². The van der Waals surface area contributed by atoms with E-state index in [-0.39, 0.29) is 35.0 Å². The van der Waals surface area contributed by atoms with Gasteiger partial charge in [0.1, 0.15) is 11.9 Å². The van der Waals surface area contributed by atoms with Gasteiger partial charge in [-0.2, -0.15) is 0 Å². The van der Waals surface area contributed by atoms with E-state index in [4.69, 9.17) is 0 Å². The molecule has 0 radical (unpaired) electrons. The van der Waals surface area contributed by atoms with Crippen molar-refractivity contribution >= 4 is 23.4 Å². The Morgan fingerprint density at radius 2 is 1.77 bits per heavy atom. The van der Waals surface area contributed by atoms with Crippen LogP contribution >= 0.6 is 0 Å². The molecule has 1 aromatic carbocycles. The molecule has 2 atom stereocenters. The van der Waals surface area contributed by atoms with Gasteiger partial charge in [0.05, 0.1) is 5.41 Å². The van der Waals surface area contributed by atoms with E-state index in [9.17, 15) is 18.8 Å². The molecule has 0 bridgehead atoms. The average molecular weight is 488 g/mol. The lowest BCUT2D eigenvalue weighted by molar-refractivity contribution is -0.141. The van der Waals surface area contributed by atoms with E-state index in [2.05, 4.69) is 20.4 Å². The molecule has 4 rings (SSSR count). The van der Waals surface area contributed by atoms with E-state index in [1.54, 1.807) is 4.90 Å². The Kier molecular flexibility index (Phi) is 7.94. The third-order valence-corrected chi connectivity index (χ3v) is 7.93. The summed E-state index contributed by atoms with van der Waals surface area (Å²) in [4.78, 5) is 43.7. The molecule has 3 heterocycles. The molecule has 1 spiro atoms. The topological polar surface area (TPSA) is 85.0 Å². The lowest BCUT2D eigenvalue weighted by atomic mass is 9.75. The van der Waals surface area contributed by atoms with Crippen LogP contribution in [0.1, 0.15) is 46.0 Å². The molecule has 1 aromatic rings. The number of benzene rings is 1. The summed E-state index contributed by atoms with van der Waals surface area (Å²) in [6.07, 6.45) is 3.65. The number of hydrogen-bond donors (Lipinski definition) is 2. The van der Waals surface area contributed by atoms with E-state index >= 15 is 0 Å². The zero-order chi connectivity index (χ0) is 25.0. The Balaban J connectivity index is 1.21. The molecule has 0 aromatic heterocycles. The van der Waals surface area contributed by atoms with Crippen molar-refractivity contribution in [1.82, 2.24) is 20.4 Å². The second kappa shape index (κ2) is 10.9. The van der Waals surface area contributed by atoms with Crippen LogP contribution in [0.25, 0.3) is 0 Å². The summed E-state index contributed by atoms with van der Waals surface area (Å²) >= 11 is 0. The van der Waals surface area contributed by atoms with Crippen molar-refractivity contribution in [1.29, 1.82) is 0 Å². The fourth-order valence-electron chi connectivity index (χ4n) is 5.74. The highest BCUT2D eigenvalue weighted by atomic mass is 19.1. The maximum atomic E-state index is 13.2. The number of likely N-dealkylation sites (tertiary alicyclic amines) is 1. The van der Waals surface area contributed by atoms with Crippen LogP contribution in [0.2, 0.25) is 0 Å². The number of piperazine rings is 1. The summed E-state index contributed by atoms with van der Waals surface area (Å²) in [7, 11) is 0.